The summed E-state index contributed by atoms with van der Waals surface area (Å²) < 4.78 is 27.1. The van der Waals surface area contributed by atoms with Crippen molar-refractivity contribution in [3.05, 3.63) is 89.4 Å². The van der Waals surface area contributed by atoms with E-state index in [0.717, 1.165) is 17.7 Å². The molecule has 0 unspecified atom stereocenters. The summed E-state index contributed by atoms with van der Waals surface area (Å²) >= 11 is 0. The zero-order valence-electron chi connectivity index (χ0n) is 14.5. The molecule has 0 saturated heterocycles. The van der Waals surface area contributed by atoms with Crippen LogP contribution < -0.4 is 10.6 Å². The Balaban J connectivity index is 1.51. The van der Waals surface area contributed by atoms with Crippen molar-refractivity contribution >= 4 is 11.7 Å². The van der Waals surface area contributed by atoms with Gasteiger partial charge in [0.05, 0.1) is 0 Å². The summed E-state index contributed by atoms with van der Waals surface area (Å²) in [5.74, 6) is -1.28. The van der Waals surface area contributed by atoms with Crippen LogP contribution in [0.3, 0.4) is 0 Å². The number of carbonyl (C=O) groups is 1. The number of halogens is 2. The van der Waals surface area contributed by atoms with Gasteiger partial charge < -0.3 is 10.6 Å². The zero-order valence-corrected chi connectivity index (χ0v) is 14.5. The number of hydrogen-bond acceptors (Lipinski definition) is 4. The first-order valence-corrected chi connectivity index (χ1v) is 8.45. The maximum Gasteiger partial charge on any atom is 0.257 e. The van der Waals surface area contributed by atoms with E-state index >= 15 is 0 Å². The summed E-state index contributed by atoms with van der Waals surface area (Å²) in [5.41, 5.74) is 0.526. The molecule has 3 rings (SSSR count). The topological polar surface area (TPSA) is 66.9 Å². The highest BCUT2D eigenvalue weighted by atomic mass is 19.1. The van der Waals surface area contributed by atoms with Crippen molar-refractivity contribution in [2.24, 2.45) is 0 Å². The SMILES string of the molecule is O=C(NCCNc1ccnc(Cc2ccccc2)n1)c1c(F)cccc1F. The lowest BCUT2D eigenvalue weighted by Gasteiger charge is -2.09. The summed E-state index contributed by atoms with van der Waals surface area (Å²) in [6, 6.07) is 14.9. The van der Waals surface area contributed by atoms with E-state index in [0.29, 0.717) is 24.6 Å². The summed E-state index contributed by atoms with van der Waals surface area (Å²) in [5, 5.41) is 5.53. The van der Waals surface area contributed by atoms with Gasteiger partial charge >= 0.3 is 0 Å². The number of nitrogens with one attached hydrogen (secondary N) is 2. The molecule has 7 heteroatoms. The number of rotatable bonds is 7. The molecule has 2 N–H and O–H groups in total. The molecule has 0 aliphatic rings. The van der Waals surface area contributed by atoms with Crippen LogP contribution in [0.5, 0.6) is 0 Å². The smallest absolute Gasteiger partial charge is 0.257 e. The molecule has 0 atom stereocenters. The van der Waals surface area contributed by atoms with E-state index in [1.807, 2.05) is 30.3 Å². The van der Waals surface area contributed by atoms with E-state index in [1.54, 1.807) is 12.3 Å². The predicted molar refractivity (Wildman–Crippen MR) is 98.5 cm³/mol. The number of carbonyl (C=O) groups excluding carboxylic acids is 1. The molecule has 1 aromatic heterocycles. The summed E-state index contributed by atoms with van der Waals surface area (Å²) in [6.45, 7) is 0.536. The molecule has 5 nitrogen and oxygen atoms in total. The molecule has 3 aromatic rings. The van der Waals surface area contributed by atoms with E-state index in [-0.39, 0.29) is 6.54 Å². The third kappa shape index (κ3) is 5.07. The number of anilines is 1. The van der Waals surface area contributed by atoms with Crippen LogP contribution in [0.4, 0.5) is 14.6 Å². The first-order chi connectivity index (χ1) is 13.1. The zero-order chi connectivity index (χ0) is 19.1. The van der Waals surface area contributed by atoms with Gasteiger partial charge in [0.15, 0.2) is 0 Å². The van der Waals surface area contributed by atoms with Crippen molar-refractivity contribution in [3.63, 3.8) is 0 Å². The Morgan fingerprint density at radius 3 is 2.41 bits per heavy atom. The maximum atomic E-state index is 13.6. The second-order valence-electron chi connectivity index (χ2n) is 5.80. The van der Waals surface area contributed by atoms with E-state index < -0.39 is 23.1 Å². The van der Waals surface area contributed by atoms with Crippen molar-refractivity contribution in [2.45, 2.75) is 6.42 Å². The number of aromatic nitrogens is 2. The Labute approximate surface area is 155 Å². The lowest BCUT2D eigenvalue weighted by atomic mass is 10.1. The van der Waals surface area contributed by atoms with Crippen molar-refractivity contribution in [1.82, 2.24) is 15.3 Å². The molecule has 2 aromatic carbocycles. The standard InChI is InChI=1S/C20H18F2N4O/c21-15-7-4-8-16(22)19(15)20(27)25-12-11-24-17-9-10-23-18(26-17)13-14-5-2-1-3-6-14/h1-10H,11-13H2,(H,25,27)(H,23,24,26). The van der Waals surface area contributed by atoms with Gasteiger partial charge in [-0.1, -0.05) is 36.4 Å². The van der Waals surface area contributed by atoms with Crippen LogP contribution in [0.15, 0.2) is 60.8 Å². The molecule has 0 saturated carbocycles. The van der Waals surface area contributed by atoms with Crippen molar-refractivity contribution in [3.8, 4) is 0 Å². The first-order valence-electron chi connectivity index (χ1n) is 8.45. The Morgan fingerprint density at radius 2 is 1.67 bits per heavy atom. The van der Waals surface area contributed by atoms with Crippen LogP contribution in [0.1, 0.15) is 21.7 Å². The van der Waals surface area contributed by atoms with Gasteiger partial charge in [-0.2, -0.15) is 0 Å². The molecule has 0 fully saturated rings. The molecular weight excluding hydrogens is 350 g/mol. The van der Waals surface area contributed by atoms with Crippen LogP contribution >= 0.6 is 0 Å². The molecule has 27 heavy (non-hydrogen) atoms. The largest absolute Gasteiger partial charge is 0.368 e. The number of amides is 1. The summed E-state index contributed by atoms with van der Waals surface area (Å²) in [7, 11) is 0. The van der Waals surface area contributed by atoms with Gasteiger partial charge in [0, 0.05) is 25.7 Å². The molecule has 138 valence electrons. The van der Waals surface area contributed by atoms with E-state index in [9.17, 15) is 13.6 Å². The minimum absolute atomic E-state index is 0.185. The quantitative estimate of drug-likeness (QED) is 0.629. The molecule has 0 radical (unpaired) electrons. The van der Waals surface area contributed by atoms with Gasteiger partial charge in [-0.3, -0.25) is 4.79 Å². The van der Waals surface area contributed by atoms with Gasteiger partial charge in [0.2, 0.25) is 0 Å². The summed E-state index contributed by atoms with van der Waals surface area (Å²) in [4.78, 5) is 20.6. The normalized spacial score (nSPS) is 10.4. The average molecular weight is 368 g/mol. The molecule has 0 spiro atoms. The highest BCUT2D eigenvalue weighted by Gasteiger charge is 2.16. The van der Waals surface area contributed by atoms with Crippen molar-refractivity contribution in [2.75, 3.05) is 18.4 Å². The van der Waals surface area contributed by atoms with Crippen LogP contribution in [0.25, 0.3) is 0 Å². The monoisotopic (exact) mass is 368 g/mol. The minimum Gasteiger partial charge on any atom is -0.368 e. The van der Waals surface area contributed by atoms with Gasteiger partial charge in [0.1, 0.15) is 28.8 Å². The fraction of sp³-hybridized carbons (Fsp3) is 0.150. The van der Waals surface area contributed by atoms with Crippen LogP contribution in [-0.4, -0.2) is 29.0 Å². The Kier molecular flexibility index (Phi) is 6.04. The van der Waals surface area contributed by atoms with E-state index in [4.69, 9.17) is 0 Å². The Morgan fingerprint density at radius 1 is 0.926 bits per heavy atom. The third-order valence-electron chi connectivity index (χ3n) is 3.82. The Bertz CT molecular complexity index is 899. The van der Waals surface area contributed by atoms with Crippen molar-refractivity contribution in [1.29, 1.82) is 0 Å². The third-order valence-corrected chi connectivity index (χ3v) is 3.82. The minimum atomic E-state index is -0.887. The highest BCUT2D eigenvalue weighted by molar-refractivity contribution is 5.94. The lowest BCUT2D eigenvalue weighted by Crippen LogP contribution is -2.30. The molecular formula is C20H18F2N4O. The number of hydrogen-bond donors (Lipinski definition) is 2. The predicted octanol–water partition coefficient (Wildman–Crippen LogP) is 3.19. The molecule has 0 aliphatic carbocycles. The molecule has 1 heterocycles. The first kappa shape index (κ1) is 18.4. The lowest BCUT2D eigenvalue weighted by molar-refractivity contribution is 0.0946. The van der Waals surface area contributed by atoms with E-state index in [2.05, 4.69) is 20.6 Å². The van der Waals surface area contributed by atoms with E-state index in [1.165, 1.54) is 6.07 Å². The molecule has 0 bridgehead atoms. The van der Waals surface area contributed by atoms with Gasteiger partial charge in [-0.25, -0.2) is 18.7 Å². The number of nitrogens with zero attached hydrogens (tertiary/aromatic N) is 2. The fourth-order valence-electron chi connectivity index (χ4n) is 2.53. The molecule has 1 amide bonds. The average Bonchev–Trinajstić information content (AvgIpc) is 2.66. The summed E-state index contributed by atoms with van der Waals surface area (Å²) in [6.07, 6.45) is 2.26. The van der Waals surface area contributed by atoms with Crippen LogP contribution in [-0.2, 0) is 6.42 Å². The molecule has 0 aliphatic heterocycles. The van der Waals surface area contributed by atoms with Crippen molar-refractivity contribution < 1.29 is 13.6 Å². The number of benzene rings is 2. The van der Waals surface area contributed by atoms with Gasteiger partial charge in [-0.15, -0.1) is 0 Å². The fourth-order valence-corrected chi connectivity index (χ4v) is 2.53. The van der Waals surface area contributed by atoms with Crippen LogP contribution in [0, 0.1) is 11.6 Å². The van der Waals surface area contributed by atoms with Gasteiger partial charge in [0.25, 0.3) is 5.91 Å². The maximum absolute atomic E-state index is 13.6. The highest BCUT2D eigenvalue weighted by Crippen LogP contribution is 2.11. The second-order valence-corrected chi connectivity index (χ2v) is 5.80. The van der Waals surface area contributed by atoms with Gasteiger partial charge in [-0.05, 0) is 23.8 Å². The van der Waals surface area contributed by atoms with Crippen LogP contribution in [0.2, 0.25) is 0 Å². The second kappa shape index (κ2) is 8.84. The Hall–Kier alpha value is -3.35.